The minimum absolute atomic E-state index is 0.0308. The van der Waals surface area contributed by atoms with Gasteiger partial charge in [-0.25, -0.2) is 0 Å². The first-order valence-electron chi connectivity index (χ1n) is 6.85. The van der Waals surface area contributed by atoms with Crippen molar-refractivity contribution in [1.82, 2.24) is 4.98 Å². The number of nitrogens with zero attached hydrogens (tertiary/aromatic N) is 1. The third kappa shape index (κ3) is 2.75. The Morgan fingerprint density at radius 3 is 2.67 bits per heavy atom. The molecule has 1 fully saturated rings. The molecule has 0 spiro atoms. The molecule has 3 N–H and O–H groups in total. The zero-order chi connectivity index (χ0) is 13.1. The van der Waals surface area contributed by atoms with Crippen molar-refractivity contribution in [1.29, 1.82) is 0 Å². The highest BCUT2D eigenvalue weighted by atomic mass is 16.1. The molecule has 1 aromatic rings. The maximum atomic E-state index is 12.1. The fourth-order valence-electron chi connectivity index (χ4n) is 2.38. The summed E-state index contributed by atoms with van der Waals surface area (Å²) in [5, 5.41) is 0. The third-order valence-electron chi connectivity index (χ3n) is 3.93. The van der Waals surface area contributed by atoms with Crippen LogP contribution in [0, 0.1) is 0 Å². The average Bonchev–Trinajstić information content (AvgIpc) is 2.39. The number of nitrogens with one attached hydrogen (secondary N) is 1. The summed E-state index contributed by atoms with van der Waals surface area (Å²) in [7, 11) is 0. The number of hydrogen-bond donors (Lipinski definition) is 2. The van der Waals surface area contributed by atoms with Crippen LogP contribution in [0.4, 0.5) is 5.69 Å². The van der Waals surface area contributed by atoms with E-state index in [4.69, 9.17) is 5.73 Å². The van der Waals surface area contributed by atoms with Crippen molar-refractivity contribution in [2.45, 2.75) is 45.1 Å². The SMILES string of the molecule is CCC(C)c1ccc(N2CCC(N)CC2)c(=O)[nH]1. The van der Waals surface area contributed by atoms with Crippen molar-refractivity contribution in [3.05, 3.63) is 28.2 Å². The van der Waals surface area contributed by atoms with Crippen molar-refractivity contribution >= 4 is 5.69 Å². The van der Waals surface area contributed by atoms with Crippen LogP contribution in [0.3, 0.4) is 0 Å². The Kier molecular flexibility index (Phi) is 4.07. The Morgan fingerprint density at radius 1 is 1.44 bits per heavy atom. The lowest BCUT2D eigenvalue weighted by atomic mass is 10.0. The smallest absolute Gasteiger partial charge is 0.271 e. The molecule has 1 aliphatic heterocycles. The van der Waals surface area contributed by atoms with Crippen LogP contribution in [-0.4, -0.2) is 24.1 Å². The topological polar surface area (TPSA) is 62.1 Å². The number of aromatic amines is 1. The van der Waals surface area contributed by atoms with Crippen molar-refractivity contribution in [3.8, 4) is 0 Å². The number of pyridine rings is 1. The van der Waals surface area contributed by atoms with Crippen molar-refractivity contribution in [2.24, 2.45) is 5.73 Å². The molecule has 2 heterocycles. The number of rotatable bonds is 3. The second-order valence-electron chi connectivity index (χ2n) is 5.26. The van der Waals surface area contributed by atoms with Crippen LogP contribution in [0.1, 0.15) is 44.7 Å². The number of hydrogen-bond acceptors (Lipinski definition) is 3. The molecule has 0 saturated carbocycles. The first kappa shape index (κ1) is 13.1. The largest absolute Gasteiger partial charge is 0.367 e. The van der Waals surface area contributed by atoms with E-state index in [1.807, 2.05) is 12.1 Å². The van der Waals surface area contributed by atoms with Gasteiger partial charge in [-0.1, -0.05) is 13.8 Å². The predicted octanol–water partition coefficient (Wildman–Crippen LogP) is 1.82. The molecule has 4 nitrogen and oxygen atoms in total. The molecule has 1 aliphatic rings. The summed E-state index contributed by atoms with van der Waals surface area (Å²) in [5.74, 6) is 0.404. The van der Waals surface area contributed by atoms with E-state index in [1.54, 1.807) is 0 Å². The molecule has 0 amide bonds. The monoisotopic (exact) mass is 249 g/mol. The molecule has 0 bridgehead atoms. The number of H-pyrrole nitrogens is 1. The summed E-state index contributed by atoms with van der Waals surface area (Å²) in [4.78, 5) is 17.3. The second-order valence-corrected chi connectivity index (χ2v) is 5.26. The second kappa shape index (κ2) is 5.57. The molecule has 100 valence electrons. The number of nitrogens with two attached hydrogens (primary N) is 1. The summed E-state index contributed by atoms with van der Waals surface area (Å²) in [6.07, 6.45) is 2.97. The normalized spacial score (nSPS) is 18.9. The van der Waals surface area contributed by atoms with Gasteiger partial charge in [-0.2, -0.15) is 0 Å². The van der Waals surface area contributed by atoms with E-state index in [9.17, 15) is 4.79 Å². The summed E-state index contributed by atoms with van der Waals surface area (Å²) >= 11 is 0. The molecule has 18 heavy (non-hydrogen) atoms. The highest BCUT2D eigenvalue weighted by Gasteiger charge is 2.18. The van der Waals surface area contributed by atoms with E-state index in [0.29, 0.717) is 12.0 Å². The van der Waals surface area contributed by atoms with E-state index < -0.39 is 0 Å². The molecule has 1 aromatic heterocycles. The summed E-state index contributed by atoms with van der Waals surface area (Å²) < 4.78 is 0. The molecule has 0 radical (unpaired) electrons. The highest BCUT2D eigenvalue weighted by molar-refractivity contribution is 5.45. The van der Waals surface area contributed by atoms with Crippen molar-refractivity contribution < 1.29 is 0 Å². The van der Waals surface area contributed by atoms with Crippen molar-refractivity contribution in [3.63, 3.8) is 0 Å². The highest BCUT2D eigenvalue weighted by Crippen LogP contribution is 2.19. The van der Waals surface area contributed by atoms with E-state index in [1.165, 1.54) is 0 Å². The van der Waals surface area contributed by atoms with Gasteiger partial charge in [0.1, 0.15) is 5.69 Å². The molecule has 1 unspecified atom stereocenters. The van der Waals surface area contributed by atoms with Gasteiger partial charge in [-0.3, -0.25) is 4.79 Å². The first-order valence-corrected chi connectivity index (χ1v) is 6.85. The Morgan fingerprint density at radius 2 is 2.11 bits per heavy atom. The van der Waals surface area contributed by atoms with Crippen LogP contribution in [0.15, 0.2) is 16.9 Å². The van der Waals surface area contributed by atoms with Gasteiger partial charge in [0.25, 0.3) is 5.56 Å². The molecule has 1 atom stereocenters. The Balaban J connectivity index is 2.17. The average molecular weight is 249 g/mol. The van der Waals surface area contributed by atoms with Gasteiger partial charge in [0.05, 0.1) is 0 Å². The Labute approximate surface area is 108 Å². The standard InChI is InChI=1S/C14H23N3O/c1-3-10(2)12-4-5-13(14(18)16-12)17-8-6-11(15)7-9-17/h4-5,10-11H,3,6-9,15H2,1-2H3,(H,16,18). The third-order valence-corrected chi connectivity index (χ3v) is 3.93. The molecular formula is C14H23N3O. The lowest BCUT2D eigenvalue weighted by Gasteiger charge is -2.31. The maximum Gasteiger partial charge on any atom is 0.271 e. The van der Waals surface area contributed by atoms with Crippen LogP contribution in [-0.2, 0) is 0 Å². The maximum absolute atomic E-state index is 12.1. The number of aromatic nitrogens is 1. The fourth-order valence-corrected chi connectivity index (χ4v) is 2.38. The summed E-state index contributed by atoms with van der Waals surface area (Å²) in [5.41, 5.74) is 7.73. The van der Waals surface area contributed by atoms with Gasteiger partial charge in [0.15, 0.2) is 0 Å². The molecule has 1 saturated heterocycles. The van der Waals surface area contributed by atoms with E-state index >= 15 is 0 Å². The Bertz CT molecular complexity index is 447. The minimum atomic E-state index is 0.0308. The summed E-state index contributed by atoms with van der Waals surface area (Å²) in [6.45, 7) is 6.02. The van der Waals surface area contributed by atoms with Crippen molar-refractivity contribution in [2.75, 3.05) is 18.0 Å². The van der Waals surface area contributed by atoms with Gasteiger partial charge in [-0.15, -0.1) is 0 Å². The van der Waals surface area contributed by atoms with E-state index in [0.717, 1.165) is 43.7 Å². The van der Waals surface area contributed by atoms with Crippen LogP contribution in [0.2, 0.25) is 0 Å². The van der Waals surface area contributed by atoms with Gasteiger partial charge in [0.2, 0.25) is 0 Å². The van der Waals surface area contributed by atoms with E-state index in [-0.39, 0.29) is 5.56 Å². The molecule has 4 heteroatoms. The van der Waals surface area contributed by atoms with Crippen LogP contribution in [0.25, 0.3) is 0 Å². The molecular weight excluding hydrogens is 226 g/mol. The molecule has 0 aromatic carbocycles. The Hall–Kier alpha value is -1.29. The van der Waals surface area contributed by atoms with Gasteiger partial charge < -0.3 is 15.6 Å². The van der Waals surface area contributed by atoms with Crippen LogP contribution >= 0.6 is 0 Å². The zero-order valence-corrected chi connectivity index (χ0v) is 11.3. The van der Waals surface area contributed by atoms with Gasteiger partial charge in [-0.05, 0) is 37.3 Å². The predicted molar refractivity (Wildman–Crippen MR) is 75.2 cm³/mol. The van der Waals surface area contributed by atoms with Crippen LogP contribution < -0.4 is 16.2 Å². The zero-order valence-electron chi connectivity index (χ0n) is 11.3. The first-order chi connectivity index (χ1) is 8.61. The van der Waals surface area contributed by atoms with Gasteiger partial charge in [0, 0.05) is 24.8 Å². The molecule has 0 aliphatic carbocycles. The van der Waals surface area contributed by atoms with Crippen LogP contribution in [0.5, 0.6) is 0 Å². The number of piperidine rings is 1. The van der Waals surface area contributed by atoms with E-state index in [2.05, 4.69) is 23.7 Å². The summed E-state index contributed by atoms with van der Waals surface area (Å²) in [6, 6.07) is 4.29. The fraction of sp³-hybridized carbons (Fsp3) is 0.643. The number of anilines is 1. The van der Waals surface area contributed by atoms with Gasteiger partial charge >= 0.3 is 0 Å². The minimum Gasteiger partial charge on any atom is -0.367 e. The lowest BCUT2D eigenvalue weighted by Crippen LogP contribution is -2.41. The quantitative estimate of drug-likeness (QED) is 0.859. The molecule has 2 rings (SSSR count). The lowest BCUT2D eigenvalue weighted by molar-refractivity contribution is 0.500.